The monoisotopic (exact) mass is 608 g/mol. The highest BCUT2D eigenvalue weighted by atomic mass is 15.3. The topological polar surface area (TPSA) is 22.6 Å². The van der Waals surface area contributed by atoms with Crippen molar-refractivity contribution in [3.8, 4) is 11.1 Å². The molecule has 3 aliphatic rings. The summed E-state index contributed by atoms with van der Waals surface area (Å²) in [6.07, 6.45) is 6.21. The van der Waals surface area contributed by atoms with E-state index in [9.17, 15) is 0 Å². The van der Waals surface area contributed by atoms with E-state index in [4.69, 9.17) is 4.98 Å². The van der Waals surface area contributed by atoms with Gasteiger partial charge < -0.3 is 14.7 Å². The molecule has 0 N–H and O–H groups in total. The molecule has 228 valence electrons. The second kappa shape index (κ2) is 10.2. The Labute approximate surface area is 276 Å². The first-order valence-corrected chi connectivity index (χ1v) is 16.4. The standard InChI is InChI=1S/C43H36N4/c1-42(2)37-19-8-9-20-39(37)47(32-14-12-13-31(28-32)46-26-25-45(3)29-46)40-27-30(22-23-38(40)42)43(41-21-10-11-24-44-41)35-17-6-4-15-33(35)34-16-5-7-18-36(34)43/h4-28H,29H2,1-3H3. The maximum atomic E-state index is 5.09. The minimum absolute atomic E-state index is 0.192. The van der Waals surface area contributed by atoms with Gasteiger partial charge in [0.05, 0.1) is 29.2 Å². The zero-order chi connectivity index (χ0) is 31.8. The van der Waals surface area contributed by atoms with Crippen LogP contribution in [0.5, 0.6) is 0 Å². The van der Waals surface area contributed by atoms with Gasteiger partial charge in [0.25, 0.3) is 0 Å². The fraction of sp³-hybridized carbons (Fsp3) is 0.140. The molecule has 0 amide bonds. The van der Waals surface area contributed by atoms with Crippen LogP contribution in [0.2, 0.25) is 0 Å². The number of pyridine rings is 1. The number of benzene rings is 5. The average Bonchev–Trinajstić information content (AvgIpc) is 3.68. The van der Waals surface area contributed by atoms with Crippen molar-refractivity contribution in [2.45, 2.75) is 24.7 Å². The van der Waals surface area contributed by atoms with Gasteiger partial charge in [-0.25, -0.2) is 0 Å². The van der Waals surface area contributed by atoms with Crippen molar-refractivity contribution in [2.24, 2.45) is 0 Å². The quantitative estimate of drug-likeness (QED) is 0.198. The predicted molar refractivity (Wildman–Crippen MR) is 193 cm³/mol. The minimum Gasteiger partial charge on any atom is -0.361 e. The molecule has 0 atom stereocenters. The Morgan fingerprint density at radius 3 is 1.94 bits per heavy atom. The number of anilines is 4. The number of para-hydroxylation sites is 1. The summed E-state index contributed by atoms with van der Waals surface area (Å²) >= 11 is 0. The van der Waals surface area contributed by atoms with Gasteiger partial charge in [-0.2, -0.15) is 0 Å². The second-order valence-electron chi connectivity index (χ2n) is 13.5. The van der Waals surface area contributed by atoms with Gasteiger partial charge in [-0.1, -0.05) is 105 Å². The van der Waals surface area contributed by atoms with Crippen LogP contribution in [0.15, 0.2) is 152 Å². The van der Waals surface area contributed by atoms with Gasteiger partial charge in [-0.05, 0) is 81.4 Å². The Kier molecular flexibility index (Phi) is 6.01. The second-order valence-corrected chi connectivity index (χ2v) is 13.5. The molecule has 0 saturated heterocycles. The molecular formula is C43H36N4. The number of nitrogens with zero attached hydrogens (tertiary/aromatic N) is 4. The maximum absolute atomic E-state index is 5.09. The molecule has 1 aliphatic carbocycles. The third kappa shape index (κ3) is 3.91. The molecule has 0 radical (unpaired) electrons. The van der Waals surface area contributed by atoms with Gasteiger partial charge in [-0.3, -0.25) is 4.98 Å². The molecule has 0 saturated carbocycles. The van der Waals surface area contributed by atoms with E-state index >= 15 is 0 Å². The minimum atomic E-state index is -0.566. The molecule has 0 bridgehead atoms. The van der Waals surface area contributed by atoms with Gasteiger partial charge >= 0.3 is 0 Å². The van der Waals surface area contributed by atoms with Gasteiger partial charge in [0.2, 0.25) is 0 Å². The van der Waals surface area contributed by atoms with Crippen molar-refractivity contribution in [1.82, 2.24) is 9.88 Å². The fourth-order valence-electron chi connectivity index (χ4n) is 8.29. The number of hydrogen-bond acceptors (Lipinski definition) is 4. The molecule has 1 aromatic heterocycles. The summed E-state index contributed by atoms with van der Waals surface area (Å²) in [7, 11) is 2.11. The van der Waals surface area contributed by atoms with Gasteiger partial charge in [0.1, 0.15) is 0 Å². The normalized spacial score (nSPS) is 16.4. The lowest BCUT2D eigenvalue weighted by Gasteiger charge is -2.43. The molecule has 47 heavy (non-hydrogen) atoms. The number of fused-ring (bicyclic) bond motifs is 5. The lowest BCUT2D eigenvalue weighted by Crippen LogP contribution is -2.33. The van der Waals surface area contributed by atoms with E-state index in [1.807, 2.05) is 12.3 Å². The number of hydrogen-bond donors (Lipinski definition) is 0. The van der Waals surface area contributed by atoms with E-state index in [1.54, 1.807) is 0 Å². The van der Waals surface area contributed by atoms with Crippen LogP contribution >= 0.6 is 0 Å². The molecule has 9 rings (SSSR count). The molecule has 4 nitrogen and oxygen atoms in total. The molecule has 4 heteroatoms. The van der Waals surface area contributed by atoms with Crippen LogP contribution < -0.4 is 9.80 Å². The van der Waals surface area contributed by atoms with E-state index in [0.29, 0.717) is 0 Å². The van der Waals surface area contributed by atoms with Crippen molar-refractivity contribution >= 4 is 22.7 Å². The molecular weight excluding hydrogens is 573 g/mol. The molecule has 0 fully saturated rings. The van der Waals surface area contributed by atoms with Crippen LogP contribution in [-0.4, -0.2) is 23.6 Å². The molecule has 5 aromatic carbocycles. The van der Waals surface area contributed by atoms with Crippen molar-refractivity contribution < 1.29 is 0 Å². The first kappa shape index (κ1) is 27.7. The highest BCUT2D eigenvalue weighted by Crippen LogP contribution is 2.58. The van der Waals surface area contributed by atoms with Gasteiger partial charge in [-0.15, -0.1) is 0 Å². The number of rotatable bonds is 4. The van der Waals surface area contributed by atoms with E-state index in [0.717, 1.165) is 18.1 Å². The summed E-state index contributed by atoms with van der Waals surface area (Å²) in [4.78, 5) is 12.1. The molecule has 0 unspecified atom stereocenters. The van der Waals surface area contributed by atoms with Crippen molar-refractivity contribution in [2.75, 3.05) is 23.5 Å². The van der Waals surface area contributed by atoms with Gasteiger partial charge in [0.15, 0.2) is 0 Å². The zero-order valence-electron chi connectivity index (χ0n) is 26.9. The Balaban J connectivity index is 1.33. The molecule has 0 spiro atoms. The smallest absolute Gasteiger partial charge is 0.0938 e. The van der Waals surface area contributed by atoms with Crippen molar-refractivity contribution in [3.63, 3.8) is 0 Å². The van der Waals surface area contributed by atoms with Crippen molar-refractivity contribution in [1.29, 1.82) is 0 Å². The van der Waals surface area contributed by atoms with Crippen LogP contribution in [0.3, 0.4) is 0 Å². The van der Waals surface area contributed by atoms with Crippen LogP contribution in [0.4, 0.5) is 22.7 Å². The lowest BCUT2D eigenvalue weighted by atomic mass is 9.67. The first-order chi connectivity index (χ1) is 23.0. The average molecular weight is 609 g/mol. The third-order valence-corrected chi connectivity index (χ3v) is 10.5. The third-order valence-electron chi connectivity index (χ3n) is 10.5. The molecule has 3 heterocycles. The Hall–Kier alpha value is -5.61. The van der Waals surface area contributed by atoms with E-state index < -0.39 is 5.41 Å². The SMILES string of the molecule is CN1C=CN(c2cccc(N3c4ccccc4C(C)(C)c4ccc(C5(c6ccccn6)c6ccccc6-c6ccccc65)cc43)c2)C1. The predicted octanol–water partition coefficient (Wildman–Crippen LogP) is 9.73. The van der Waals surface area contributed by atoms with Crippen LogP contribution in [0.1, 0.15) is 47.4 Å². The van der Waals surface area contributed by atoms with Crippen LogP contribution in [0.25, 0.3) is 11.1 Å². The lowest BCUT2D eigenvalue weighted by molar-refractivity contribution is 0.496. The maximum Gasteiger partial charge on any atom is 0.0938 e. The van der Waals surface area contributed by atoms with Crippen LogP contribution in [-0.2, 0) is 10.8 Å². The van der Waals surface area contributed by atoms with Crippen molar-refractivity contribution in [3.05, 3.63) is 186 Å². The van der Waals surface area contributed by atoms with E-state index in [-0.39, 0.29) is 5.41 Å². The molecule has 2 aliphatic heterocycles. The highest BCUT2D eigenvalue weighted by Gasteiger charge is 2.48. The largest absolute Gasteiger partial charge is 0.361 e. The van der Waals surface area contributed by atoms with Crippen LogP contribution in [0, 0.1) is 0 Å². The molecule has 6 aromatic rings. The fourth-order valence-corrected chi connectivity index (χ4v) is 8.29. The Morgan fingerprint density at radius 2 is 1.23 bits per heavy atom. The summed E-state index contributed by atoms with van der Waals surface area (Å²) in [6.45, 7) is 5.55. The zero-order valence-corrected chi connectivity index (χ0v) is 26.9. The van der Waals surface area contributed by atoms with E-state index in [2.05, 4.69) is 175 Å². The summed E-state index contributed by atoms with van der Waals surface area (Å²) in [6, 6.07) is 49.1. The Bertz CT molecular complexity index is 2150. The number of aromatic nitrogens is 1. The van der Waals surface area contributed by atoms with Gasteiger partial charge in [0, 0.05) is 42.4 Å². The summed E-state index contributed by atoms with van der Waals surface area (Å²) in [5, 5.41) is 0. The summed E-state index contributed by atoms with van der Waals surface area (Å²) in [5.74, 6) is 0. The summed E-state index contributed by atoms with van der Waals surface area (Å²) < 4.78 is 0. The highest BCUT2D eigenvalue weighted by molar-refractivity contribution is 5.90. The summed E-state index contributed by atoms with van der Waals surface area (Å²) in [5.41, 5.74) is 13.9. The first-order valence-electron chi connectivity index (χ1n) is 16.4. The Morgan fingerprint density at radius 1 is 0.574 bits per heavy atom. The van der Waals surface area contributed by atoms with E-state index in [1.165, 1.54) is 56.0 Å².